The van der Waals surface area contributed by atoms with Gasteiger partial charge in [-0.2, -0.15) is 13.2 Å². The smallest absolute Gasteiger partial charge is 0.422 e. The second kappa shape index (κ2) is 11.6. The molecule has 170 valence electrons. The molecule has 1 aliphatic carbocycles. The summed E-state index contributed by atoms with van der Waals surface area (Å²) in [5.41, 5.74) is 0.00999. The third-order valence-electron chi connectivity index (χ3n) is 4.91. The van der Waals surface area contributed by atoms with E-state index in [1.54, 1.807) is 38.2 Å². The summed E-state index contributed by atoms with van der Waals surface area (Å²) in [6.45, 7) is -0.789. The van der Waals surface area contributed by atoms with Gasteiger partial charge in [0.1, 0.15) is 0 Å². The first-order valence-corrected chi connectivity index (χ1v) is 9.46. The Bertz CT molecular complexity index is 722. The molecule has 1 heterocycles. The van der Waals surface area contributed by atoms with Gasteiger partial charge in [0.25, 0.3) is 0 Å². The first-order valence-electron chi connectivity index (χ1n) is 9.46. The van der Waals surface area contributed by atoms with Crippen molar-refractivity contribution in [2.24, 2.45) is 10.4 Å². The molecule has 0 bridgehead atoms. The number of hydrogen-bond acceptors (Lipinski definition) is 4. The lowest BCUT2D eigenvalue weighted by Gasteiger charge is -2.31. The average Bonchev–Trinajstić information content (AvgIpc) is 3.16. The molecule has 0 aliphatic heterocycles. The minimum atomic E-state index is -4.44. The van der Waals surface area contributed by atoms with Crippen LogP contribution in [-0.2, 0) is 11.3 Å². The third-order valence-corrected chi connectivity index (χ3v) is 4.91. The monoisotopic (exact) mass is 543 g/mol. The van der Waals surface area contributed by atoms with Crippen LogP contribution >= 0.6 is 24.0 Å². The summed E-state index contributed by atoms with van der Waals surface area (Å²) in [5.74, 6) is 0.462. The van der Waals surface area contributed by atoms with Crippen LogP contribution in [0.15, 0.2) is 23.3 Å². The van der Waals surface area contributed by atoms with E-state index in [4.69, 9.17) is 4.74 Å². The van der Waals surface area contributed by atoms with E-state index in [2.05, 4.69) is 20.6 Å². The molecule has 0 saturated heterocycles. The van der Waals surface area contributed by atoms with E-state index in [0.29, 0.717) is 18.1 Å². The summed E-state index contributed by atoms with van der Waals surface area (Å²) in [7, 11) is 5.09. The zero-order chi connectivity index (χ0) is 21.5. The number of rotatable bonds is 7. The summed E-state index contributed by atoms with van der Waals surface area (Å²) >= 11 is 0. The van der Waals surface area contributed by atoms with Crippen LogP contribution in [0.5, 0.6) is 5.88 Å². The molecule has 2 rings (SSSR count). The number of carbonyl (C=O) groups is 1. The van der Waals surface area contributed by atoms with Gasteiger partial charge in [-0.25, -0.2) is 4.98 Å². The number of alkyl halides is 3. The first-order chi connectivity index (χ1) is 13.7. The molecule has 2 N–H and O–H groups in total. The summed E-state index contributed by atoms with van der Waals surface area (Å²) in [5, 5.41) is 6.23. The van der Waals surface area contributed by atoms with E-state index in [1.807, 2.05) is 0 Å². The molecular formula is C19H29F3IN5O2. The van der Waals surface area contributed by atoms with Gasteiger partial charge in [0, 0.05) is 46.0 Å². The quantitative estimate of drug-likeness (QED) is 0.314. The number of aromatic nitrogens is 1. The van der Waals surface area contributed by atoms with E-state index in [1.165, 1.54) is 6.20 Å². The summed E-state index contributed by atoms with van der Waals surface area (Å²) in [4.78, 5) is 22.3. The Morgan fingerprint density at radius 3 is 2.53 bits per heavy atom. The predicted molar refractivity (Wildman–Crippen MR) is 119 cm³/mol. The van der Waals surface area contributed by atoms with Crippen molar-refractivity contribution in [1.82, 2.24) is 20.5 Å². The molecule has 0 atom stereocenters. The van der Waals surface area contributed by atoms with Crippen molar-refractivity contribution in [3.8, 4) is 5.88 Å². The molecule has 1 amide bonds. The van der Waals surface area contributed by atoms with Gasteiger partial charge in [-0.3, -0.25) is 9.79 Å². The average molecular weight is 543 g/mol. The van der Waals surface area contributed by atoms with Gasteiger partial charge in [-0.15, -0.1) is 24.0 Å². The molecule has 1 aromatic heterocycles. The SMILES string of the molecule is CN=C(NCc1cccnc1OCC(F)(F)F)NCC1(C(=O)N(C)C)CCCC1.I. The molecule has 0 unspecified atom stereocenters. The Morgan fingerprint density at radius 2 is 1.97 bits per heavy atom. The molecular weight excluding hydrogens is 514 g/mol. The molecule has 1 aromatic rings. The number of ether oxygens (including phenoxy) is 1. The van der Waals surface area contributed by atoms with Crippen molar-refractivity contribution < 1.29 is 22.7 Å². The second-order valence-corrected chi connectivity index (χ2v) is 7.34. The van der Waals surface area contributed by atoms with Gasteiger partial charge in [-0.1, -0.05) is 18.9 Å². The fourth-order valence-corrected chi connectivity index (χ4v) is 3.48. The van der Waals surface area contributed by atoms with Crippen LogP contribution in [0, 0.1) is 5.41 Å². The van der Waals surface area contributed by atoms with Gasteiger partial charge < -0.3 is 20.3 Å². The zero-order valence-electron chi connectivity index (χ0n) is 17.4. The number of carbonyl (C=O) groups excluding carboxylic acids is 1. The lowest BCUT2D eigenvalue weighted by Crippen LogP contribution is -2.49. The lowest BCUT2D eigenvalue weighted by molar-refractivity contribution is -0.154. The Morgan fingerprint density at radius 1 is 1.30 bits per heavy atom. The van der Waals surface area contributed by atoms with Gasteiger partial charge in [0.05, 0.1) is 5.41 Å². The highest BCUT2D eigenvalue weighted by molar-refractivity contribution is 14.0. The second-order valence-electron chi connectivity index (χ2n) is 7.34. The van der Waals surface area contributed by atoms with E-state index in [0.717, 1.165) is 25.7 Å². The van der Waals surface area contributed by atoms with Crippen molar-refractivity contribution in [1.29, 1.82) is 0 Å². The Balaban J connectivity index is 0.00000450. The number of halogens is 4. The summed E-state index contributed by atoms with van der Waals surface area (Å²) in [6, 6.07) is 3.25. The predicted octanol–water partition coefficient (Wildman–Crippen LogP) is 2.95. The van der Waals surface area contributed by atoms with Crippen LogP contribution in [0.4, 0.5) is 13.2 Å². The number of pyridine rings is 1. The van der Waals surface area contributed by atoms with E-state index in [9.17, 15) is 18.0 Å². The van der Waals surface area contributed by atoms with Crippen LogP contribution < -0.4 is 15.4 Å². The molecule has 0 radical (unpaired) electrons. The van der Waals surface area contributed by atoms with Crippen LogP contribution in [0.2, 0.25) is 0 Å². The van der Waals surface area contributed by atoms with Gasteiger partial charge in [0.15, 0.2) is 12.6 Å². The number of hydrogen-bond donors (Lipinski definition) is 2. The zero-order valence-corrected chi connectivity index (χ0v) is 19.7. The van der Waals surface area contributed by atoms with Crippen molar-refractivity contribution in [2.45, 2.75) is 38.4 Å². The Labute approximate surface area is 191 Å². The minimum Gasteiger partial charge on any atom is -0.468 e. The molecule has 1 aliphatic rings. The van der Waals surface area contributed by atoms with E-state index < -0.39 is 18.2 Å². The van der Waals surface area contributed by atoms with Gasteiger partial charge in [0.2, 0.25) is 11.8 Å². The highest BCUT2D eigenvalue weighted by Crippen LogP contribution is 2.38. The minimum absolute atomic E-state index is 0. The molecule has 7 nitrogen and oxygen atoms in total. The van der Waals surface area contributed by atoms with Crippen molar-refractivity contribution >= 4 is 35.8 Å². The number of nitrogens with zero attached hydrogens (tertiary/aromatic N) is 3. The fourth-order valence-electron chi connectivity index (χ4n) is 3.48. The number of nitrogens with one attached hydrogen (secondary N) is 2. The van der Waals surface area contributed by atoms with Crippen LogP contribution in [0.1, 0.15) is 31.2 Å². The van der Waals surface area contributed by atoms with Crippen LogP contribution in [0.25, 0.3) is 0 Å². The van der Waals surface area contributed by atoms with Crippen LogP contribution in [-0.4, -0.2) is 62.2 Å². The third kappa shape index (κ3) is 7.47. The number of amides is 1. The topological polar surface area (TPSA) is 78.9 Å². The highest BCUT2D eigenvalue weighted by Gasteiger charge is 2.42. The van der Waals surface area contributed by atoms with Crippen LogP contribution in [0.3, 0.4) is 0 Å². The molecule has 0 aromatic carbocycles. The first kappa shape index (κ1) is 26.2. The molecule has 1 fully saturated rings. The number of guanidine groups is 1. The largest absolute Gasteiger partial charge is 0.468 e. The molecule has 11 heteroatoms. The molecule has 0 spiro atoms. The molecule has 1 saturated carbocycles. The van der Waals surface area contributed by atoms with E-state index >= 15 is 0 Å². The van der Waals surface area contributed by atoms with Crippen molar-refractivity contribution in [2.75, 3.05) is 34.3 Å². The number of aliphatic imine (C=N–C) groups is 1. The normalized spacial score (nSPS) is 15.9. The summed E-state index contributed by atoms with van der Waals surface area (Å²) < 4.78 is 42.1. The maximum atomic E-state index is 12.7. The molecule has 30 heavy (non-hydrogen) atoms. The van der Waals surface area contributed by atoms with Gasteiger partial charge in [-0.05, 0) is 18.9 Å². The standard InChI is InChI=1S/C19H28F3N5O2.HI/c1-23-17(26-12-18(8-4-5-9-18)16(28)27(2)3)25-11-14-7-6-10-24-15(14)29-13-19(20,21)22;/h6-7,10H,4-5,8-9,11-13H2,1-3H3,(H2,23,25,26);1H. The van der Waals surface area contributed by atoms with E-state index in [-0.39, 0.29) is 42.3 Å². The van der Waals surface area contributed by atoms with Crippen molar-refractivity contribution in [3.05, 3.63) is 23.9 Å². The maximum absolute atomic E-state index is 12.7. The maximum Gasteiger partial charge on any atom is 0.422 e. The van der Waals surface area contributed by atoms with Crippen molar-refractivity contribution in [3.63, 3.8) is 0 Å². The Kier molecular flexibility index (Phi) is 10.1. The summed E-state index contributed by atoms with van der Waals surface area (Å²) in [6.07, 6.45) is 0.567. The highest BCUT2D eigenvalue weighted by atomic mass is 127. The fraction of sp³-hybridized carbons (Fsp3) is 0.632. The Hall–Kier alpha value is -1.79. The lowest BCUT2D eigenvalue weighted by atomic mass is 9.84. The van der Waals surface area contributed by atoms with Gasteiger partial charge >= 0.3 is 6.18 Å².